The first-order valence-corrected chi connectivity index (χ1v) is 12.9. The third-order valence-corrected chi connectivity index (χ3v) is 9.79. The third kappa shape index (κ3) is 3.91. The molecule has 4 rings (SSSR count). The maximum atomic E-state index is 15.2. The van der Waals surface area contributed by atoms with Crippen molar-refractivity contribution in [3.8, 4) is 5.75 Å². The van der Waals surface area contributed by atoms with Crippen LogP contribution in [0.25, 0.3) is 0 Å². The van der Waals surface area contributed by atoms with Crippen LogP contribution in [0.2, 0.25) is 0 Å². The molecule has 1 unspecified atom stereocenters. The molecule has 0 saturated heterocycles. The van der Waals surface area contributed by atoms with Crippen LogP contribution in [0.15, 0.2) is 41.3 Å². The van der Waals surface area contributed by atoms with Crippen molar-refractivity contribution in [1.29, 1.82) is 0 Å². The standard InChI is InChI=1S/C22H22F5NO3S2/c23-17-7-8-18(24)20-19(17)21(10-1-2-13(9-11-32-28)16(21)12-31-20)33(29,30)15-5-3-14(4-6-15)22(25,26)27/h3-8,13,16H,1-2,9-12,28H2/t13?,16-,21-/m0/s1. The lowest BCUT2D eigenvalue weighted by Crippen LogP contribution is -2.54. The van der Waals surface area contributed by atoms with Gasteiger partial charge in [-0.15, -0.1) is 0 Å². The summed E-state index contributed by atoms with van der Waals surface area (Å²) >= 11 is 1.10. The molecule has 0 spiro atoms. The summed E-state index contributed by atoms with van der Waals surface area (Å²) in [5, 5.41) is 5.56. The quantitative estimate of drug-likeness (QED) is 0.430. The van der Waals surface area contributed by atoms with E-state index in [2.05, 4.69) is 0 Å². The predicted octanol–water partition coefficient (Wildman–Crippen LogP) is 5.46. The molecule has 3 atom stereocenters. The smallest absolute Gasteiger partial charge is 0.416 e. The average Bonchev–Trinajstić information content (AvgIpc) is 2.78. The second kappa shape index (κ2) is 8.74. The lowest BCUT2D eigenvalue weighted by atomic mass is 9.66. The first-order valence-electron chi connectivity index (χ1n) is 10.4. The van der Waals surface area contributed by atoms with Gasteiger partial charge in [0.25, 0.3) is 0 Å². The van der Waals surface area contributed by atoms with E-state index in [1.807, 2.05) is 0 Å². The molecule has 180 valence electrons. The Balaban J connectivity index is 1.93. The Morgan fingerprint density at radius 3 is 2.39 bits per heavy atom. The number of hydrogen-bond acceptors (Lipinski definition) is 5. The van der Waals surface area contributed by atoms with E-state index in [9.17, 15) is 26.0 Å². The van der Waals surface area contributed by atoms with Crippen molar-refractivity contribution >= 4 is 21.8 Å². The molecule has 2 aliphatic rings. The molecule has 4 nitrogen and oxygen atoms in total. The summed E-state index contributed by atoms with van der Waals surface area (Å²) in [6, 6.07) is 4.88. The summed E-state index contributed by atoms with van der Waals surface area (Å²) in [6.45, 7) is -0.146. The first kappa shape index (κ1) is 24.3. The Kier molecular flexibility index (Phi) is 6.43. The van der Waals surface area contributed by atoms with Crippen LogP contribution in [-0.2, 0) is 20.8 Å². The Morgan fingerprint density at radius 2 is 1.76 bits per heavy atom. The van der Waals surface area contributed by atoms with Gasteiger partial charge in [0.15, 0.2) is 21.4 Å². The molecule has 2 aromatic rings. The molecule has 1 saturated carbocycles. The summed E-state index contributed by atoms with van der Waals surface area (Å²) < 4.78 is 101. The SMILES string of the molecule is NSCCC1CCC[C@@]2(S(=O)(=O)c3ccc(C(F)(F)F)cc3)c3c(F)ccc(F)c3OC[C@@H]12. The largest absolute Gasteiger partial charge is 0.490 e. The second-order valence-electron chi connectivity index (χ2n) is 8.38. The van der Waals surface area contributed by atoms with Crippen LogP contribution < -0.4 is 9.88 Å². The van der Waals surface area contributed by atoms with Gasteiger partial charge in [0.2, 0.25) is 0 Å². The topological polar surface area (TPSA) is 69.4 Å². The highest BCUT2D eigenvalue weighted by Gasteiger charge is 2.60. The number of benzene rings is 2. The molecule has 1 fully saturated rings. The maximum Gasteiger partial charge on any atom is 0.416 e. The fraction of sp³-hybridized carbons (Fsp3) is 0.455. The van der Waals surface area contributed by atoms with Gasteiger partial charge in [0, 0.05) is 11.7 Å². The molecule has 1 aliphatic heterocycles. The highest BCUT2D eigenvalue weighted by molar-refractivity contribution is 7.97. The van der Waals surface area contributed by atoms with Crippen molar-refractivity contribution in [3.63, 3.8) is 0 Å². The monoisotopic (exact) mass is 507 g/mol. The van der Waals surface area contributed by atoms with Crippen molar-refractivity contribution in [1.82, 2.24) is 0 Å². The van der Waals surface area contributed by atoms with E-state index in [4.69, 9.17) is 9.88 Å². The second-order valence-corrected chi connectivity index (χ2v) is 11.3. The third-order valence-electron chi connectivity index (χ3n) is 6.76. The highest BCUT2D eigenvalue weighted by Crippen LogP contribution is 2.58. The molecule has 0 aromatic heterocycles. The van der Waals surface area contributed by atoms with Crippen LogP contribution in [0.5, 0.6) is 5.75 Å². The van der Waals surface area contributed by atoms with Crippen LogP contribution in [-0.4, -0.2) is 20.8 Å². The van der Waals surface area contributed by atoms with Gasteiger partial charge in [-0.05, 0) is 61.6 Å². The average molecular weight is 508 g/mol. The zero-order valence-electron chi connectivity index (χ0n) is 17.4. The molecule has 0 amide bonds. The molecular formula is C22H22F5NO3S2. The van der Waals surface area contributed by atoms with Crippen LogP contribution in [0, 0.1) is 23.5 Å². The number of ether oxygens (including phenoxy) is 1. The summed E-state index contributed by atoms with van der Waals surface area (Å²) in [4.78, 5) is -0.370. The Morgan fingerprint density at radius 1 is 1.09 bits per heavy atom. The summed E-state index contributed by atoms with van der Waals surface area (Å²) in [5.74, 6) is -2.62. The van der Waals surface area contributed by atoms with E-state index in [1.54, 1.807) is 0 Å². The van der Waals surface area contributed by atoms with Crippen molar-refractivity contribution in [3.05, 3.63) is 59.2 Å². The molecule has 0 bridgehead atoms. The van der Waals surface area contributed by atoms with Crippen molar-refractivity contribution < 1.29 is 35.1 Å². The first-order chi connectivity index (χ1) is 15.5. The van der Waals surface area contributed by atoms with E-state index >= 15 is 4.39 Å². The molecule has 33 heavy (non-hydrogen) atoms. The van der Waals surface area contributed by atoms with Gasteiger partial charge >= 0.3 is 6.18 Å². The normalized spacial score (nSPS) is 25.2. The zero-order valence-corrected chi connectivity index (χ0v) is 19.0. The van der Waals surface area contributed by atoms with E-state index in [0.29, 0.717) is 37.1 Å². The van der Waals surface area contributed by atoms with E-state index in [-0.39, 0.29) is 29.4 Å². The van der Waals surface area contributed by atoms with Gasteiger partial charge in [0.05, 0.1) is 22.6 Å². The van der Waals surface area contributed by atoms with E-state index < -0.39 is 49.6 Å². The van der Waals surface area contributed by atoms with Crippen molar-refractivity contribution in [2.45, 2.75) is 41.5 Å². The predicted molar refractivity (Wildman–Crippen MR) is 114 cm³/mol. The number of fused-ring (bicyclic) bond motifs is 3. The summed E-state index contributed by atoms with van der Waals surface area (Å²) in [6.07, 6.45) is -3.01. The van der Waals surface area contributed by atoms with Gasteiger partial charge in [-0.1, -0.05) is 18.4 Å². The Labute approximate surface area is 192 Å². The van der Waals surface area contributed by atoms with Crippen molar-refractivity contribution in [2.75, 3.05) is 12.4 Å². The van der Waals surface area contributed by atoms with Crippen molar-refractivity contribution in [2.24, 2.45) is 17.0 Å². The van der Waals surface area contributed by atoms with Gasteiger partial charge < -0.3 is 4.74 Å². The highest BCUT2D eigenvalue weighted by atomic mass is 32.2. The molecule has 11 heteroatoms. The van der Waals surface area contributed by atoms with Gasteiger partial charge in [0.1, 0.15) is 10.6 Å². The number of halogens is 5. The minimum absolute atomic E-state index is 0.00399. The van der Waals surface area contributed by atoms with Crippen LogP contribution in [0.1, 0.15) is 36.8 Å². The number of alkyl halides is 3. The fourth-order valence-electron chi connectivity index (χ4n) is 5.28. The molecule has 0 radical (unpaired) electrons. The zero-order chi connectivity index (χ0) is 24.0. The van der Waals surface area contributed by atoms with Crippen LogP contribution >= 0.6 is 11.9 Å². The number of rotatable bonds is 5. The minimum atomic E-state index is -4.64. The molecule has 1 aliphatic carbocycles. The fourth-order valence-corrected chi connectivity index (χ4v) is 8.17. The van der Waals surface area contributed by atoms with Crippen LogP contribution in [0.4, 0.5) is 22.0 Å². The minimum Gasteiger partial charge on any atom is -0.490 e. The number of nitrogens with two attached hydrogens (primary N) is 1. The lowest BCUT2D eigenvalue weighted by molar-refractivity contribution is -0.137. The Hall–Kier alpha value is -1.85. The molecule has 2 aromatic carbocycles. The van der Waals surface area contributed by atoms with Gasteiger partial charge in [-0.3, -0.25) is 5.14 Å². The maximum absolute atomic E-state index is 15.2. The van der Waals surface area contributed by atoms with E-state index in [1.165, 1.54) is 0 Å². The summed E-state index contributed by atoms with van der Waals surface area (Å²) in [7, 11) is -4.45. The lowest BCUT2D eigenvalue weighted by Gasteiger charge is -2.50. The molecule has 2 N–H and O–H groups in total. The van der Waals surface area contributed by atoms with Gasteiger partial charge in [-0.25, -0.2) is 17.2 Å². The molecule has 1 heterocycles. The Bertz CT molecular complexity index is 1140. The van der Waals surface area contributed by atoms with Crippen LogP contribution in [0.3, 0.4) is 0 Å². The summed E-state index contributed by atoms with van der Waals surface area (Å²) in [5.41, 5.74) is -1.37. The number of sulfone groups is 1. The number of hydrogen-bond donors (Lipinski definition) is 1. The van der Waals surface area contributed by atoms with E-state index in [0.717, 1.165) is 36.2 Å². The van der Waals surface area contributed by atoms with Gasteiger partial charge in [-0.2, -0.15) is 13.2 Å². The molecular weight excluding hydrogens is 485 g/mol.